The van der Waals surface area contributed by atoms with Crippen LogP contribution < -0.4 is 20.4 Å². The van der Waals surface area contributed by atoms with E-state index in [2.05, 4.69) is 56.7 Å². The van der Waals surface area contributed by atoms with E-state index in [4.69, 9.17) is 5.26 Å². The van der Waals surface area contributed by atoms with Crippen molar-refractivity contribution in [3.05, 3.63) is 36.7 Å². The Morgan fingerprint density at radius 2 is 1.97 bits per heavy atom. The first-order valence-electron chi connectivity index (χ1n) is 10.2. The maximum atomic E-state index is 12.5. The number of nitrogens with one attached hydrogen (secondary N) is 2. The molecule has 8 nitrogen and oxygen atoms in total. The number of carbonyl (C=O) groups is 1. The summed E-state index contributed by atoms with van der Waals surface area (Å²) in [6, 6.07) is 10.1. The molecule has 2 aliphatic heterocycles. The topological polar surface area (TPSA) is 89.2 Å². The van der Waals surface area contributed by atoms with Gasteiger partial charge in [0.05, 0.1) is 29.8 Å². The highest BCUT2D eigenvalue weighted by molar-refractivity contribution is 5.86. The van der Waals surface area contributed by atoms with E-state index in [0.29, 0.717) is 5.92 Å². The average molecular weight is 393 g/mol. The van der Waals surface area contributed by atoms with Crippen molar-refractivity contribution in [2.45, 2.75) is 19.4 Å². The van der Waals surface area contributed by atoms with Gasteiger partial charge in [0.15, 0.2) is 0 Å². The van der Waals surface area contributed by atoms with Crippen LogP contribution in [0.15, 0.2) is 36.7 Å². The zero-order valence-electron chi connectivity index (χ0n) is 16.7. The zero-order valence-corrected chi connectivity index (χ0v) is 16.7. The number of carbonyl (C=O) groups excluding carboxylic acids is 1. The summed E-state index contributed by atoms with van der Waals surface area (Å²) in [5.41, 5.74) is 3.15. The SMILES string of the molecule is C[C@H]1C[C@@H](C(=O)NCC#N)N(c2cnn(-c3ccc(N4CCNCC4)cc3)c2)C1. The lowest BCUT2D eigenvalue weighted by Gasteiger charge is -2.29. The molecule has 8 heteroatoms. The molecule has 152 valence electrons. The predicted octanol–water partition coefficient (Wildman–Crippen LogP) is 1.14. The Kier molecular flexibility index (Phi) is 5.67. The lowest BCUT2D eigenvalue weighted by Crippen LogP contribution is -2.43. The molecular formula is C21H27N7O. The number of aromatic nitrogens is 2. The molecule has 2 N–H and O–H groups in total. The number of hydrogen-bond donors (Lipinski definition) is 2. The second kappa shape index (κ2) is 8.53. The molecule has 2 aliphatic rings. The highest BCUT2D eigenvalue weighted by Crippen LogP contribution is 2.29. The summed E-state index contributed by atoms with van der Waals surface area (Å²) in [6.45, 7) is 7.06. The molecule has 0 bridgehead atoms. The summed E-state index contributed by atoms with van der Waals surface area (Å²) in [7, 11) is 0. The fraction of sp³-hybridized carbons (Fsp3) is 0.476. The van der Waals surface area contributed by atoms with Crippen LogP contribution in [0.3, 0.4) is 0 Å². The van der Waals surface area contributed by atoms with E-state index in [0.717, 1.165) is 50.5 Å². The number of piperazine rings is 1. The van der Waals surface area contributed by atoms with E-state index in [-0.39, 0.29) is 18.5 Å². The summed E-state index contributed by atoms with van der Waals surface area (Å²) < 4.78 is 1.85. The van der Waals surface area contributed by atoms with Gasteiger partial charge in [0.25, 0.3) is 0 Å². The molecule has 0 radical (unpaired) electrons. The molecular weight excluding hydrogens is 366 g/mol. The van der Waals surface area contributed by atoms with Crippen molar-refractivity contribution >= 4 is 17.3 Å². The number of benzene rings is 1. The zero-order chi connectivity index (χ0) is 20.2. The minimum Gasteiger partial charge on any atom is -0.369 e. The minimum atomic E-state index is -0.258. The van der Waals surface area contributed by atoms with Gasteiger partial charge in [-0.2, -0.15) is 10.4 Å². The molecule has 1 aromatic heterocycles. The quantitative estimate of drug-likeness (QED) is 0.741. The van der Waals surface area contributed by atoms with Gasteiger partial charge in [0, 0.05) is 38.4 Å². The van der Waals surface area contributed by atoms with Crippen molar-refractivity contribution in [2.24, 2.45) is 5.92 Å². The first-order chi connectivity index (χ1) is 14.2. The number of amides is 1. The maximum absolute atomic E-state index is 12.5. The van der Waals surface area contributed by atoms with E-state index < -0.39 is 0 Å². The molecule has 2 atom stereocenters. The smallest absolute Gasteiger partial charge is 0.243 e. The summed E-state index contributed by atoms with van der Waals surface area (Å²) in [4.78, 5) is 16.9. The largest absolute Gasteiger partial charge is 0.369 e. The van der Waals surface area contributed by atoms with E-state index in [1.54, 1.807) is 0 Å². The molecule has 2 saturated heterocycles. The fourth-order valence-electron chi connectivity index (χ4n) is 4.17. The molecule has 0 aliphatic carbocycles. The third-order valence-corrected chi connectivity index (χ3v) is 5.65. The Morgan fingerprint density at radius 3 is 2.69 bits per heavy atom. The van der Waals surface area contributed by atoms with Crippen LogP contribution in [0.4, 0.5) is 11.4 Å². The highest BCUT2D eigenvalue weighted by Gasteiger charge is 2.35. The van der Waals surface area contributed by atoms with E-state index in [1.165, 1.54) is 5.69 Å². The van der Waals surface area contributed by atoms with Crippen LogP contribution in [0, 0.1) is 17.2 Å². The van der Waals surface area contributed by atoms with Gasteiger partial charge in [-0.15, -0.1) is 0 Å². The van der Waals surface area contributed by atoms with Gasteiger partial charge in [-0.05, 0) is 36.6 Å². The Hall–Kier alpha value is -3.05. The van der Waals surface area contributed by atoms with Crippen molar-refractivity contribution in [3.8, 4) is 11.8 Å². The third kappa shape index (κ3) is 4.20. The monoisotopic (exact) mass is 393 g/mol. The van der Waals surface area contributed by atoms with Crippen LogP contribution in [-0.2, 0) is 4.79 Å². The van der Waals surface area contributed by atoms with Crippen LogP contribution in [-0.4, -0.2) is 61.0 Å². The molecule has 0 saturated carbocycles. The first kappa shape index (κ1) is 19.3. The molecule has 2 fully saturated rings. The minimum absolute atomic E-state index is 0.0379. The van der Waals surface area contributed by atoms with E-state index in [1.807, 2.05) is 23.1 Å². The van der Waals surface area contributed by atoms with Crippen LogP contribution in [0.5, 0.6) is 0 Å². The number of anilines is 2. The van der Waals surface area contributed by atoms with Gasteiger partial charge in [-0.25, -0.2) is 4.68 Å². The van der Waals surface area contributed by atoms with Gasteiger partial charge in [-0.3, -0.25) is 4.79 Å². The summed E-state index contributed by atoms with van der Waals surface area (Å²) in [5.74, 6) is 0.318. The molecule has 2 aromatic rings. The normalized spacial score (nSPS) is 21.8. The van der Waals surface area contributed by atoms with Crippen molar-refractivity contribution in [3.63, 3.8) is 0 Å². The van der Waals surface area contributed by atoms with Crippen LogP contribution in [0.25, 0.3) is 5.69 Å². The third-order valence-electron chi connectivity index (χ3n) is 5.65. The second-order valence-electron chi connectivity index (χ2n) is 7.78. The molecule has 0 spiro atoms. The number of rotatable bonds is 5. The standard InChI is InChI=1S/C21H27N7O/c1-16-12-20(21(29)24-7-6-22)27(14-16)19-13-25-28(15-19)18-4-2-17(3-5-18)26-10-8-23-9-11-26/h2-5,13,15-16,20,23H,7-12,14H2,1H3,(H,24,29)/t16-,20-/m0/s1. The summed E-state index contributed by atoms with van der Waals surface area (Å²) >= 11 is 0. The van der Waals surface area contributed by atoms with Crippen molar-refractivity contribution in [2.75, 3.05) is 49.1 Å². The lowest BCUT2D eigenvalue weighted by molar-refractivity contribution is -0.122. The van der Waals surface area contributed by atoms with Crippen molar-refractivity contribution < 1.29 is 4.79 Å². The van der Waals surface area contributed by atoms with Gasteiger partial charge in [0.2, 0.25) is 5.91 Å². The number of hydrogen-bond acceptors (Lipinski definition) is 6. The van der Waals surface area contributed by atoms with Gasteiger partial charge in [0.1, 0.15) is 12.6 Å². The average Bonchev–Trinajstić information content (AvgIpc) is 3.39. The molecule has 1 amide bonds. The Balaban J connectivity index is 1.48. The number of nitrogens with zero attached hydrogens (tertiary/aromatic N) is 5. The molecule has 0 unspecified atom stereocenters. The molecule has 3 heterocycles. The first-order valence-corrected chi connectivity index (χ1v) is 10.2. The molecule has 29 heavy (non-hydrogen) atoms. The van der Waals surface area contributed by atoms with E-state index >= 15 is 0 Å². The van der Waals surface area contributed by atoms with Crippen LogP contribution in [0.1, 0.15) is 13.3 Å². The second-order valence-corrected chi connectivity index (χ2v) is 7.78. The Labute approximate surface area is 171 Å². The highest BCUT2D eigenvalue weighted by atomic mass is 16.2. The lowest BCUT2D eigenvalue weighted by atomic mass is 10.1. The Bertz CT molecular complexity index is 879. The summed E-state index contributed by atoms with van der Waals surface area (Å²) in [6.07, 6.45) is 4.57. The van der Waals surface area contributed by atoms with E-state index in [9.17, 15) is 4.79 Å². The van der Waals surface area contributed by atoms with Crippen LogP contribution >= 0.6 is 0 Å². The van der Waals surface area contributed by atoms with Crippen LogP contribution in [0.2, 0.25) is 0 Å². The van der Waals surface area contributed by atoms with Crippen molar-refractivity contribution in [1.82, 2.24) is 20.4 Å². The molecule has 4 rings (SSSR count). The number of nitriles is 1. The maximum Gasteiger partial charge on any atom is 0.243 e. The molecule has 1 aromatic carbocycles. The summed E-state index contributed by atoms with van der Waals surface area (Å²) in [5, 5.41) is 19.3. The van der Waals surface area contributed by atoms with Crippen molar-refractivity contribution in [1.29, 1.82) is 5.26 Å². The Morgan fingerprint density at radius 1 is 1.24 bits per heavy atom. The van der Waals surface area contributed by atoms with Gasteiger partial charge >= 0.3 is 0 Å². The predicted molar refractivity (Wildman–Crippen MR) is 112 cm³/mol. The fourth-order valence-corrected chi connectivity index (χ4v) is 4.17. The van der Waals surface area contributed by atoms with Gasteiger partial charge in [-0.1, -0.05) is 6.92 Å². The van der Waals surface area contributed by atoms with Gasteiger partial charge < -0.3 is 20.4 Å².